The van der Waals surface area contributed by atoms with Crippen LogP contribution in [0.1, 0.15) is 6.42 Å². The van der Waals surface area contributed by atoms with Gasteiger partial charge in [-0.05, 0) is 35.9 Å². The van der Waals surface area contributed by atoms with Crippen molar-refractivity contribution in [3.63, 3.8) is 0 Å². The van der Waals surface area contributed by atoms with E-state index in [1.807, 2.05) is 10.8 Å². The van der Waals surface area contributed by atoms with E-state index >= 15 is 0 Å². The van der Waals surface area contributed by atoms with Gasteiger partial charge in [-0.25, -0.2) is 4.98 Å². The summed E-state index contributed by atoms with van der Waals surface area (Å²) in [5.41, 5.74) is 3.30. The first-order chi connectivity index (χ1) is 9.31. The third kappa shape index (κ3) is 1.71. The average Bonchev–Trinajstić information content (AvgIpc) is 3.04. The average molecular weight is 271 g/mol. The van der Waals surface area contributed by atoms with Gasteiger partial charge in [0.05, 0.1) is 11.2 Å². The lowest BCUT2D eigenvalue weighted by molar-refractivity contribution is -0.534. The van der Waals surface area contributed by atoms with E-state index in [9.17, 15) is 4.91 Å². The molecule has 2 aliphatic carbocycles. The summed E-state index contributed by atoms with van der Waals surface area (Å²) in [7, 11) is 0. The Bertz CT molecular complexity index is 682. The van der Waals surface area contributed by atoms with E-state index in [4.69, 9.17) is 0 Å². The molecule has 0 bridgehead atoms. The van der Waals surface area contributed by atoms with Crippen molar-refractivity contribution < 1.29 is 4.87 Å². The standard InChI is InChI=1S/C13H11N4OS/c18-17-8-19-12-6-9-5-10(16-4-3-14-7-16)1-2-11(9)13(12)15-17/h1,3-7,11H,2,8H2/q+1. The van der Waals surface area contributed by atoms with Crippen LogP contribution < -0.4 is 0 Å². The van der Waals surface area contributed by atoms with E-state index < -0.39 is 0 Å². The fraction of sp³-hybridized carbons (Fsp3) is 0.231. The van der Waals surface area contributed by atoms with Crippen molar-refractivity contribution in [1.29, 1.82) is 0 Å². The molecule has 5 nitrogen and oxygen atoms in total. The van der Waals surface area contributed by atoms with Gasteiger partial charge < -0.3 is 4.57 Å². The van der Waals surface area contributed by atoms with Gasteiger partial charge >= 0.3 is 0 Å². The van der Waals surface area contributed by atoms with E-state index in [0.717, 1.165) is 27.6 Å². The Hall–Kier alpha value is -1.95. The summed E-state index contributed by atoms with van der Waals surface area (Å²) in [5.74, 6) is 0.628. The normalized spacial score (nSPS) is 25.1. The maximum absolute atomic E-state index is 11.4. The summed E-state index contributed by atoms with van der Waals surface area (Å²) in [4.78, 5) is 17.3. The van der Waals surface area contributed by atoms with Crippen molar-refractivity contribution in [2.45, 2.75) is 6.42 Å². The summed E-state index contributed by atoms with van der Waals surface area (Å²) < 4.78 is 2.00. The van der Waals surface area contributed by atoms with E-state index in [0.29, 0.717) is 5.88 Å². The number of imidazole rings is 1. The molecule has 1 aromatic rings. The first-order valence-electron chi connectivity index (χ1n) is 6.09. The molecule has 0 aromatic carbocycles. The van der Waals surface area contributed by atoms with Gasteiger partial charge in [-0.2, -0.15) is 0 Å². The Morgan fingerprint density at radius 1 is 1.42 bits per heavy atom. The number of hydrogen-bond donors (Lipinski definition) is 0. The third-order valence-electron chi connectivity index (χ3n) is 3.51. The number of nitroso groups, excluding NO2 is 1. The minimum absolute atomic E-state index is 0.242. The molecule has 0 saturated heterocycles. The lowest BCUT2D eigenvalue weighted by Gasteiger charge is -2.17. The van der Waals surface area contributed by atoms with Crippen LogP contribution in [0.3, 0.4) is 0 Å². The fourth-order valence-corrected chi connectivity index (χ4v) is 3.47. The summed E-state index contributed by atoms with van der Waals surface area (Å²) in [5, 5.41) is 4.13. The number of hydrogen-bond acceptors (Lipinski definition) is 3. The van der Waals surface area contributed by atoms with Crippen LogP contribution in [0, 0.1) is 10.8 Å². The molecule has 0 fully saturated rings. The quantitative estimate of drug-likeness (QED) is 0.737. The first-order valence-corrected chi connectivity index (χ1v) is 7.08. The molecule has 0 saturated carbocycles. The second kappa shape index (κ2) is 4.03. The molecule has 94 valence electrons. The number of hydrazone groups is 1. The van der Waals surface area contributed by atoms with Gasteiger partial charge in [-0.15, -0.1) is 0 Å². The molecular weight excluding hydrogens is 260 g/mol. The van der Waals surface area contributed by atoms with Gasteiger partial charge in [0.25, 0.3) is 5.88 Å². The number of rotatable bonds is 1. The summed E-state index contributed by atoms with van der Waals surface area (Å²) in [6.07, 6.45) is 12.9. The molecule has 0 spiro atoms. The number of thioether (sulfide) groups is 1. The first kappa shape index (κ1) is 10.9. The van der Waals surface area contributed by atoms with Crippen molar-refractivity contribution in [1.82, 2.24) is 9.55 Å². The number of allylic oxidation sites excluding steroid dienone is 6. The summed E-state index contributed by atoms with van der Waals surface area (Å²) >= 11 is 1.57. The van der Waals surface area contributed by atoms with Gasteiger partial charge in [-0.3, -0.25) is 0 Å². The Labute approximate surface area is 114 Å². The molecule has 1 atom stereocenters. The number of nitrogens with zero attached hydrogens (tertiary/aromatic N) is 4. The van der Waals surface area contributed by atoms with Gasteiger partial charge in [0, 0.05) is 34.0 Å². The molecule has 19 heavy (non-hydrogen) atoms. The van der Waals surface area contributed by atoms with Gasteiger partial charge in [0.1, 0.15) is 5.71 Å². The largest absolute Gasteiger partial charge is 0.307 e. The van der Waals surface area contributed by atoms with Crippen LogP contribution in [-0.2, 0) is 0 Å². The second-order valence-corrected chi connectivity index (χ2v) is 5.64. The molecule has 3 aliphatic rings. The van der Waals surface area contributed by atoms with Crippen LogP contribution in [-0.4, -0.2) is 26.0 Å². The van der Waals surface area contributed by atoms with E-state index in [-0.39, 0.29) is 5.92 Å². The maximum Gasteiger partial charge on any atom is 0.278 e. The minimum Gasteiger partial charge on any atom is -0.307 e. The number of fused-ring (bicyclic) bond motifs is 3. The Morgan fingerprint density at radius 2 is 2.37 bits per heavy atom. The van der Waals surface area contributed by atoms with Gasteiger partial charge in [-0.1, -0.05) is 6.08 Å². The molecular formula is C13H11N4OS+. The molecule has 1 aliphatic heterocycles. The van der Waals surface area contributed by atoms with E-state index in [2.05, 4.69) is 28.3 Å². The highest BCUT2D eigenvalue weighted by Crippen LogP contribution is 2.41. The maximum atomic E-state index is 11.4. The zero-order valence-corrected chi connectivity index (χ0v) is 10.9. The van der Waals surface area contributed by atoms with Crippen molar-refractivity contribution in [3.05, 3.63) is 52.3 Å². The molecule has 6 heteroatoms. The SMILES string of the molecule is O=[N+]1CSC2=CC3=CC(n4ccnc4)=CCC3C2=N1. The predicted molar refractivity (Wildman–Crippen MR) is 74.3 cm³/mol. The van der Waals surface area contributed by atoms with Crippen molar-refractivity contribution in [3.8, 4) is 0 Å². The van der Waals surface area contributed by atoms with Crippen LogP contribution in [0.4, 0.5) is 0 Å². The fourth-order valence-electron chi connectivity index (χ4n) is 2.61. The molecule has 0 amide bonds. The van der Waals surface area contributed by atoms with Crippen molar-refractivity contribution in [2.24, 2.45) is 11.0 Å². The molecule has 0 N–H and O–H groups in total. The Balaban J connectivity index is 1.73. The van der Waals surface area contributed by atoms with Crippen molar-refractivity contribution in [2.75, 3.05) is 5.88 Å². The molecule has 2 heterocycles. The topological polar surface area (TPSA) is 50.3 Å². The van der Waals surface area contributed by atoms with Gasteiger partial charge in [0.2, 0.25) is 0 Å². The Morgan fingerprint density at radius 3 is 3.21 bits per heavy atom. The second-order valence-electron chi connectivity index (χ2n) is 4.65. The lowest BCUT2D eigenvalue weighted by atomic mass is 9.91. The van der Waals surface area contributed by atoms with Crippen LogP contribution in [0.2, 0.25) is 0 Å². The third-order valence-corrected chi connectivity index (χ3v) is 4.50. The molecule has 4 rings (SSSR count). The lowest BCUT2D eigenvalue weighted by Crippen LogP contribution is -2.20. The highest BCUT2D eigenvalue weighted by Gasteiger charge is 2.37. The minimum atomic E-state index is 0.242. The highest BCUT2D eigenvalue weighted by atomic mass is 32.2. The zero-order valence-electron chi connectivity index (χ0n) is 10.1. The number of aromatic nitrogens is 2. The highest BCUT2D eigenvalue weighted by molar-refractivity contribution is 8.03. The zero-order chi connectivity index (χ0) is 12.8. The summed E-state index contributed by atoms with van der Waals surface area (Å²) in [6.45, 7) is 0. The Kier molecular flexibility index (Phi) is 2.32. The molecule has 0 radical (unpaired) electrons. The summed E-state index contributed by atoms with van der Waals surface area (Å²) in [6, 6.07) is 0. The smallest absolute Gasteiger partial charge is 0.278 e. The molecule has 1 unspecified atom stereocenters. The van der Waals surface area contributed by atoms with E-state index in [1.165, 1.54) is 5.57 Å². The van der Waals surface area contributed by atoms with E-state index in [1.54, 1.807) is 24.3 Å². The van der Waals surface area contributed by atoms with Crippen LogP contribution in [0.25, 0.3) is 5.70 Å². The van der Waals surface area contributed by atoms with Gasteiger partial charge in [0.15, 0.2) is 4.87 Å². The van der Waals surface area contributed by atoms with Crippen LogP contribution in [0.5, 0.6) is 0 Å². The van der Waals surface area contributed by atoms with Crippen molar-refractivity contribution >= 4 is 23.2 Å². The van der Waals surface area contributed by atoms with Crippen LogP contribution in [0.15, 0.2) is 52.5 Å². The predicted octanol–water partition coefficient (Wildman–Crippen LogP) is 2.41. The van der Waals surface area contributed by atoms with Crippen LogP contribution >= 0.6 is 11.8 Å². The monoisotopic (exact) mass is 271 g/mol. The molecule has 1 aromatic heterocycles.